The zero-order chi connectivity index (χ0) is 7.19. The van der Waals surface area contributed by atoms with E-state index < -0.39 is 6.17 Å². The molecule has 0 bridgehead atoms. The summed E-state index contributed by atoms with van der Waals surface area (Å²) in [5.74, 6) is 0.725. The van der Waals surface area contributed by atoms with Gasteiger partial charge in [-0.25, -0.2) is 4.39 Å². The highest BCUT2D eigenvalue weighted by molar-refractivity contribution is 4.96. The quantitative estimate of drug-likeness (QED) is 0.488. The molecule has 0 aliphatic heterocycles. The second-order valence-electron chi connectivity index (χ2n) is 4.28. The molecule has 0 heterocycles. The molecule has 58 valence electrons. The maximum atomic E-state index is 12.9. The van der Waals surface area contributed by atoms with Gasteiger partial charge in [-0.05, 0) is 37.0 Å². The Morgan fingerprint density at radius 3 is 3.00 bits per heavy atom. The van der Waals surface area contributed by atoms with Gasteiger partial charge < -0.3 is 0 Å². The Bertz CT molecular complexity index is 144. The van der Waals surface area contributed by atoms with Crippen molar-refractivity contribution in [3.63, 3.8) is 0 Å². The van der Waals surface area contributed by atoms with Crippen LogP contribution in [0.5, 0.6) is 0 Å². The summed E-state index contributed by atoms with van der Waals surface area (Å²) in [4.78, 5) is 0. The van der Waals surface area contributed by atoms with Crippen LogP contribution in [0, 0.1) is 11.3 Å². The molecule has 2 saturated carbocycles. The van der Waals surface area contributed by atoms with Crippen molar-refractivity contribution in [1.29, 1.82) is 0 Å². The van der Waals surface area contributed by atoms with Gasteiger partial charge in [-0.3, -0.25) is 0 Å². The van der Waals surface area contributed by atoms with Crippen LogP contribution in [0.4, 0.5) is 4.39 Å². The average molecular weight is 142 g/mol. The topological polar surface area (TPSA) is 0 Å². The molecule has 1 heteroatoms. The van der Waals surface area contributed by atoms with Gasteiger partial charge in [-0.2, -0.15) is 0 Å². The summed E-state index contributed by atoms with van der Waals surface area (Å²) < 4.78 is 12.9. The highest BCUT2D eigenvalue weighted by Gasteiger charge is 2.46. The Morgan fingerprint density at radius 2 is 2.30 bits per heavy atom. The molecule has 2 rings (SSSR count). The zero-order valence-electron chi connectivity index (χ0n) is 6.57. The van der Waals surface area contributed by atoms with Crippen LogP contribution in [0.3, 0.4) is 0 Å². The molecule has 0 aromatic carbocycles. The lowest BCUT2D eigenvalue weighted by molar-refractivity contribution is 0.259. The molecule has 0 saturated heterocycles. The van der Waals surface area contributed by atoms with E-state index in [1.807, 2.05) is 0 Å². The third-order valence-corrected chi connectivity index (χ3v) is 3.51. The van der Waals surface area contributed by atoms with E-state index in [4.69, 9.17) is 0 Å². The first-order valence-corrected chi connectivity index (χ1v) is 4.35. The summed E-state index contributed by atoms with van der Waals surface area (Å²) in [6.07, 6.45) is 5.13. The lowest BCUT2D eigenvalue weighted by Gasteiger charge is -2.22. The molecule has 0 nitrogen and oxygen atoms in total. The van der Waals surface area contributed by atoms with E-state index in [0.717, 1.165) is 18.8 Å². The van der Waals surface area contributed by atoms with Crippen LogP contribution in [0.1, 0.15) is 39.0 Å². The molecule has 10 heavy (non-hydrogen) atoms. The van der Waals surface area contributed by atoms with E-state index in [9.17, 15) is 4.39 Å². The average Bonchev–Trinajstić information content (AvgIpc) is 2.20. The minimum atomic E-state index is -0.477. The minimum Gasteiger partial charge on any atom is -0.247 e. The molecular formula is C9H15F. The van der Waals surface area contributed by atoms with Gasteiger partial charge in [-0.1, -0.05) is 13.3 Å². The van der Waals surface area contributed by atoms with Crippen molar-refractivity contribution in [3.8, 4) is 0 Å². The van der Waals surface area contributed by atoms with E-state index in [0.29, 0.717) is 5.41 Å². The Morgan fingerprint density at radius 1 is 1.50 bits per heavy atom. The molecule has 3 atom stereocenters. The molecule has 0 radical (unpaired) electrons. The number of alkyl halides is 1. The van der Waals surface area contributed by atoms with Crippen LogP contribution in [0.25, 0.3) is 0 Å². The second kappa shape index (κ2) is 1.96. The fourth-order valence-corrected chi connectivity index (χ4v) is 2.87. The number of hydrogen-bond donors (Lipinski definition) is 0. The summed E-state index contributed by atoms with van der Waals surface area (Å²) in [7, 11) is 0. The second-order valence-corrected chi connectivity index (χ2v) is 4.28. The summed E-state index contributed by atoms with van der Waals surface area (Å²) in [5.41, 5.74) is 0.402. The number of fused-ring (bicyclic) bond motifs is 1. The van der Waals surface area contributed by atoms with Crippen LogP contribution < -0.4 is 0 Å². The Kier molecular flexibility index (Phi) is 1.30. The summed E-state index contributed by atoms with van der Waals surface area (Å²) in [6.45, 7) is 2.27. The molecule has 0 amide bonds. The van der Waals surface area contributed by atoms with E-state index in [2.05, 4.69) is 6.92 Å². The smallest absolute Gasteiger partial charge is 0.101 e. The standard InChI is InChI=1S/C9H15F/c1-9-4-2-3-7(9)5-8(10)6-9/h7-8H,2-6H2,1H3/t7?,8-,9+/m1/s1. The third-order valence-electron chi connectivity index (χ3n) is 3.51. The predicted octanol–water partition coefficient (Wildman–Crippen LogP) is 2.92. The van der Waals surface area contributed by atoms with Crippen molar-refractivity contribution in [3.05, 3.63) is 0 Å². The van der Waals surface area contributed by atoms with Gasteiger partial charge >= 0.3 is 0 Å². The fourth-order valence-electron chi connectivity index (χ4n) is 2.87. The largest absolute Gasteiger partial charge is 0.247 e. The first-order valence-electron chi connectivity index (χ1n) is 4.35. The van der Waals surface area contributed by atoms with Crippen molar-refractivity contribution in [2.45, 2.75) is 45.2 Å². The fraction of sp³-hybridized carbons (Fsp3) is 1.00. The van der Waals surface area contributed by atoms with Crippen molar-refractivity contribution in [2.24, 2.45) is 11.3 Å². The summed E-state index contributed by atoms with van der Waals surface area (Å²) in [6, 6.07) is 0. The van der Waals surface area contributed by atoms with Gasteiger partial charge in [0.05, 0.1) is 0 Å². The number of hydrogen-bond acceptors (Lipinski definition) is 0. The number of rotatable bonds is 0. The molecule has 2 fully saturated rings. The molecule has 0 aromatic heterocycles. The highest BCUT2D eigenvalue weighted by Crippen LogP contribution is 2.54. The lowest BCUT2D eigenvalue weighted by Crippen LogP contribution is -2.14. The highest BCUT2D eigenvalue weighted by atomic mass is 19.1. The molecule has 0 spiro atoms. The summed E-state index contributed by atoms with van der Waals surface area (Å²) >= 11 is 0. The van der Waals surface area contributed by atoms with E-state index in [1.54, 1.807) is 0 Å². The van der Waals surface area contributed by atoms with Crippen LogP contribution in [0.2, 0.25) is 0 Å². The van der Waals surface area contributed by atoms with Gasteiger partial charge in [0.2, 0.25) is 0 Å². The monoisotopic (exact) mass is 142 g/mol. The molecule has 2 aliphatic rings. The van der Waals surface area contributed by atoms with Gasteiger partial charge in [0.25, 0.3) is 0 Å². The van der Waals surface area contributed by atoms with E-state index >= 15 is 0 Å². The first-order chi connectivity index (χ1) is 4.71. The SMILES string of the molecule is C[C@@]12CCCC1C[C@@H](F)C2. The Hall–Kier alpha value is -0.0700. The maximum absolute atomic E-state index is 12.9. The van der Waals surface area contributed by atoms with Crippen molar-refractivity contribution < 1.29 is 4.39 Å². The van der Waals surface area contributed by atoms with Crippen molar-refractivity contribution >= 4 is 0 Å². The van der Waals surface area contributed by atoms with Crippen molar-refractivity contribution in [1.82, 2.24) is 0 Å². The molecule has 0 N–H and O–H groups in total. The lowest BCUT2D eigenvalue weighted by atomic mass is 9.83. The van der Waals surface area contributed by atoms with Gasteiger partial charge in [0.1, 0.15) is 6.17 Å². The van der Waals surface area contributed by atoms with Crippen LogP contribution in [-0.2, 0) is 0 Å². The molecule has 1 unspecified atom stereocenters. The molecule has 0 aromatic rings. The maximum Gasteiger partial charge on any atom is 0.101 e. The van der Waals surface area contributed by atoms with Gasteiger partial charge in [0, 0.05) is 0 Å². The van der Waals surface area contributed by atoms with Gasteiger partial charge in [-0.15, -0.1) is 0 Å². The van der Waals surface area contributed by atoms with Crippen LogP contribution in [0.15, 0.2) is 0 Å². The molecule has 2 aliphatic carbocycles. The Labute approximate surface area is 61.8 Å². The summed E-state index contributed by atoms with van der Waals surface area (Å²) in [5, 5.41) is 0. The normalized spacial score (nSPS) is 53.4. The Balaban J connectivity index is 2.15. The minimum absolute atomic E-state index is 0.402. The van der Waals surface area contributed by atoms with Crippen molar-refractivity contribution in [2.75, 3.05) is 0 Å². The van der Waals surface area contributed by atoms with E-state index in [-0.39, 0.29) is 0 Å². The predicted molar refractivity (Wildman–Crippen MR) is 39.6 cm³/mol. The zero-order valence-corrected chi connectivity index (χ0v) is 6.57. The van der Waals surface area contributed by atoms with Crippen LogP contribution >= 0.6 is 0 Å². The van der Waals surface area contributed by atoms with E-state index in [1.165, 1.54) is 19.3 Å². The molecular weight excluding hydrogens is 127 g/mol. The number of halogens is 1. The first kappa shape index (κ1) is 6.63. The van der Waals surface area contributed by atoms with Crippen LogP contribution in [-0.4, -0.2) is 6.17 Å². The third kappa shape index (κ3) is 0.792. The van der Waals surface area contributed by atoms with Gasteiger partial charge in [0.15, 0.2) is 0 Å².